The molecule has 20 heavy (non-hydrogen) atoms. The minimum absolute atomic E-state index is 0.659. The van der Waals surface area contributed by atoms with E-state index in [1.165, 1.54) is 12.0 Å². The molecule has 0 saturated carbocycles. The zero-order valence-electron chi connectivity index (χ0n) is 13.4. The summed E-state index contributed by atoms with van der Waals surface area (Å²) in [5, 5.41) is 3.47. The Labute approximate surface area is 123 Å². The number of hydrogen-bond donors (Lipinski definition) is 1. The van der Waals surface area contributed by atoms with Gasteiger partial charge in [-0.2, -0.15) is 0 Å². The molecule has 0 heterocycles. The molecule has 0 atom stereocenters. The summed E-state index contributed by atoms with van der Waals surface area (Å²) in [6.45, 7) is 11.9. The van der Waals surface area contributed by atoms with Crippen LogP contribution in [0.2, 0.25) is 0 Å². The standard InChI is InChI=1S/C17H29NO2/c1-5-11-20-16-8-7-15(12-17(16)19-6-2)13-18-10-9-14(3)4/h7-8,12,14,18H,5-6,9-11,13H2,1-4H3. The van der Waals surface area contributed by atoms with Crippen LogP contribution >= 0.6 is 0 Å². The molecule has 1 N–H and O–H groups in total. The van der Waals surface area contributed by atoms with Gasteiger partial charge in [0, 0.05) is 6.54 Å². The van der Waals surface area contributed by atoms with Crippen LogP contribution in [-0.2, 0) is 6.54 Å². The van der Waals surface area contributed by atoms with E-state index in [0.29, 0.717) is 6.61 Å². The van der Waals surface area contributed by atoms with Crippen molar-refractivity contribution in [3.05, 3.63) is 23.8 Å². The monoisotopic (exact) mass is 279 g/mol. The molecule has 0 aromatic heterocycles. The van der Waals surface area contributed by atoms with E-state index in [4.69, 9.17) is 9.47 Å². The van der Waals surface area contributed by atoms with Crippen molar-refractivity contribution in [3.63, 3.8) is 0 Å². The number of ether oxygens (including phenoxy) is 2. The van der Waals surface area contributed by atoms with E-state index in [2.05, 4.69) is 38.2 Å². The summed E-state index contributed by atoms with van der Waals surface area (Å²) in [5.74, 6) is 2.44. The highest BCUT2D eigenvalue weighted by Crippen LogP contribution is 2.28. The first-order valence-corrected chi connectivity index (χ1v) is 7.76. The molecule has 0 amide bonds. The van der Waals surface area contributed by atoms with E-state index in [0.717, 1.165) is 43.5 Å². The Morgan fingerprint density at radius 2 is 1.90 bits per heavy atom. The minimum atomic E-state index is 0.659. The van der Waals surface area contributed by atoms with Crippen molar-refractivity contribution in [2.75, 3.05) is 19.8 Å². The second-order valence-corrected chi connectivity index (χ2v) is 5.42. The largest absolute Gasteiger partial charge is 0.490 e. The van der Waals surface area contributed by atoms with Gasteiger partial charge in [-0.05, 0) is 49.9 Å². The lowest BCUT2D eigenvalue weighted by Crippen LogP contribution is -2.16. The van der Waals surface area contributed by atoms with Crippen molar-refractivity contribution in [3.8, 4) is 11.5 Å². The molecule has 0 saturated heterocycles. The Kier molecular flexibility index (Phi) is 8.12. The Morgan fingerprint density at radius 3 is 2.55 bits per heavy atom. The van der Waals surface area contributed by atoms with Gasteiger partial charge in [0.25, 0.3) is 0 Å². The molecule has 1 aromatic rings. The Hall–Kier alpha value is -1.22. The molecule has 0 unspecified atom stereocenters. The molecular weight excluding hydrogens is 250 g/mol. The van der Waals surface area contributed by atoms with Gasteiger partial charge in [-0.25, -0.2) is 0 Å². The highest BCUT2D eigenvalue weighted by molar-refractivity contribution is 5.43. The Bertz CT molecular complexity index is 377. The van der Waals surface area contributed by atoms with E-state index in [1.54, 1.807) is 0 Å². The van der Waals surface area contributed by atoms with Crippen molar-refractivity contribution >= 4 is 0 Å². The number of hydrogen-bond acceptors (Lipinski definition) is 3. The Morgan fingerprint density at radius 1 is 1.10 bits per heavy atom. The maximum absolute atomic E-state index is 5.71. The molecule has 0 fully saturated rings. The van der Waals surface area contributed by atoms with Crippen molar-refractivity contribution in [2.45, 2.75) is 47.1 Å². The summed E-state index contributed by atoms with van der Waals surface area (Å²) in [6.07, 6.45) is 2.21. The first-order valence-electron chi connectivity index (χ1n) is 7.76. The van der Waals surface area contributed by atoms with Crippen molar-refractivity contribution in [1.29, 1.82) is 0 Å². The third kappa shape index (κ3) is 6.29. The molecule has 0 aliphatic rings. The van der Waals surface area contributed by atoms with E-state index in [1.807, 2.05) is 13.0 Å². The zero-order chi connectivity index (χ0) is 14.8. The molecule has 0 aliphatic carbocycles. The summed E-state index contributed by atoms with van der Waals surface area (Å²) in [5.41, 5.74) is 1.24. The van der Waals surface area contributed by atoms with Crippen LogP contribution < -0.4 is 14.8 Å². The molecule has 3 nitrogen and oxygen atoms in total. The van der Waals surface area contributed by atoms with Crippen LogP contribution in [0.4, 0.5) is 0 Å². The van der Waals surface area contributed by atoms with Gasteiger partial charge in [0.05, 0.1) is 13.2 Å². The Balaban J connectivity index is 2.57. The molecule has 0 radical (unpaired) electrons. The van der Waals surface area contributed by atoms with Gasteiger partial charge < -0.3 is 14.8 Å². The fraction of sp³-hybridized carbons (Fsp3) is 0.647. The van der Waals surface area contributed by atoms with E-state index >= 15 is 0 Å². The van der Waals surface area contributed by atoms with Crippen molar-refractivity contribution < 1.29 is 9.47 Å². The summed E-state index contributed by atoms with van der Waals surface area (Å²) >= 11 is 0. The van der Waals surface area contributed by atoms with Crippen LogP contribution in [0.5, 0.6) is 11.5 Å². The summed E-state index contributed by atoms with van der Waals surface area (Å²) < 4.78 is 11.4. The summed E-state index contributed by atoms with van der Waals surface area (Å²) in [4.78, 5) is 0. The molecule has 114 valence electrons. The SMILES string of the molecule is CCCOc1ccc(CNCCC(C)C)cc1OCC. The zero-order valence-corrected chi connectivity index (χ0v) is 13.4. The third-order valence-electron chi connectivity index (χ3n) is 3.00. The van der Waals surface area contributed by atoms with Crippen LogP contribution in [0.25, 0.3) is 0 Å². The lowest BCUT2D eigenvalue weighted by Gasteiger charge is -2.13. The van der Waals surface area contributed by atoms with Gasteiger partial charge in [0.2, 0.25) is 0 Å². The second-order valence-electron chi connectivity index (χ2n) is 5.42. The van der Waals surface area contributed by atoms with Gasteiger partial charge >= 0.3 is 0 Å². The van der Waals surface area contributed by atoms with Crippen LogP contribution in [0.3, 0.4) is 0 Å². The number of rotatable bonds is 10. The topological polar surface area (TPSA) is 30.5 Å². The fourth-order valence-corrected chi connectivity index (χ4v) is 1.89. The fourth-order valence-electron chi connectivity index (χ4n) is 1.89. The van der Waals surface area contributed by atoms with Gasteiger partial charge in [0.15, 0.2) is 11.5 Å². The van der Waals surface area contributed by atoms with Gasteiger partial charge in [0.1, 0.15) is 0 Å². The van der Waals surface area contributed by atoms with Crippen LogP contribution in [0, 0.1) is 5.92 Å². The first kappa shape index (κ1) is 16.8. The predicted molar refractivity (Wildman–Crippen MR) is 84.6 cm³/mol. The first-order chi connectivity index (χ1) is 9.67. The smallest absolute Gasteiger partial charge is 0.161 e. The van der Waals surface area contributed by atoms with Crippen molar-refractivity contribution in [2.24, 2.45) is 5.92 Å². The quantitative estimate of drug-likeness (QED) is 0.656. The van der Waals surface area contributed by atoms with E-state index in [-0.39, 0.29) is 0 Å². The summed E-state index contributed by atoms with van der Waals surface area (Å²) in [6, 6.07) is 6.20. The highest BCUT2D eigenvalue weighted by Gasteiger charge is 2.06. The van der Waals surface area contributed by atoms with Gasteiger partial charge in [-0.15, -0.1) is 0 Å². The normalized spacial score (nSPS) is 10.8. The van der Waals surface area contributed by atoms with E-state index < -0.39 is 0 Å². The maximum atomic E-state index is 5.71. The summed E-state index contributed by atoms with van der Waals surface area (Å²) in [7, 11) is 0. The van der Waals surface area contributed by atoms with Crippen molar-refractivity contribution in [1.82, 2.24) is 5.32 Å². The average Bonchev–Trinajstić information content (AvgIpc) is 2.43. The minimum Gasteiger partial charge on any atom is -0.490 e. The number of nitrogens with one attached hydrogen (secondary N) is 1. The molecule has 3 heteroatoms. The maximum Gasteiger partial charge on any atom is 0.161 e. The van der Waals surface area contributed by atoms with Gasteiger partial charge in [-0.3, -0.25) is 0 Å². The lowest BCUT2D eigenvalue weighted by atomic mass is 10.1. The molecular formula is C17H29NO2. The predicted octanol–water partition coefficient (Wildman–Crippen LogP) is 4.01. The molecule has 1 aromatic carbocycles. The molecule has 0 aliphatic heterocycles. The van der Waals surface area contributed by atoms with E-state index in [9.17, 15) is 0 Å². The molecule has 0 spiro atoms. The van der Waals surface area contributed by atoms with Crippen LogP contribution in [0.15, 0.2) is 18.2 Å². The molecule has 1 rings (SSSR count). The average molecular weight is 279 g/mol. The van der Waals surface area contributed by atoms with Gasteiger partial charge in [-0.1, -0.05) is 26.8 Å². The second kappa shape index (κ2) is 9.65. The number of benzene rings is 1. The van der Waals surface area contributed by atoms with Crippen LogP contribution in [0.1, 0.15) is 46.1 Å². The lowest BCUT2D eigenvalue weighted by molar-refractivity contribution is 0.276. The third-order valence-corrected chi connectivity index (χ3v) is 3.00. The highest BCUT2D eigenvalue weighted by atomic mass is 16.5. The molecule has 0 bridgehead atoms. The van der Waals surface area contributed by atoms with Crippen LogP contribution in [-0.4, -0.2) is 19.8 Å².